The Bertz CT molecular complexity index is 247. The Labute approximate surface area is 116 Å². The second kappa shape index (κ2) is 6.62. The topological polar surface area (TPSA) is 24.1 Å². The molecule has 3 heteroatoms. The summed E-state index contributed by atoms with van der Waals surface area (Å²) in [7, 11) is 0. The molecule has 0 bridgehead atoms. The molecule has 18 heavy (non-hydrogen) atoms. The molecule has 3 aliphatic rings. The monoisotopic (exact) mass is 268 g/mol. The van der Waals surface area contributed by atoms with Crippen molar-refractivity contribution in [3.63, 3.8) is 0 Å². The molecule has 2 aliphatic heterocycles. The van der Waals surface area contributed by atoms with E-state index >= 15 is 0 Å². The van der Waals surface area contributed by atoms with Crippen LogP contribution in [0.25, 0.3) is 0 Å². The Morgan fingerprint density at radius 1 is 1.00 bits per heavy atom. The van der Waals surface area contributed by atoms with Crippen molar-refractivity contribution in [3.05, 3.63) is 0 Å². The highest BCUT2D eigenvalue weighted by atomic mass is 32.2. The molecule has 4 atom stereocenters. The van der Waals surface area contributed by atoms with Gasteiger partial charge in [-0.1, -0.05) is 12.8 Å². The maximum Gasteiger partial charge on any atom is 0.0172 e. The fourth-order valence-electron chi connectivity index (χ4n) is 4.06. The Morgan fingerprint density at radius 3 is 2.78 bits per heavy atom. The average Bonchev–Trinajstić information content (AvgIpc) is 3.09. The predicted molar refractivity (Wildman–Crippen MR) is 80.3 cm³/mol. The highest BCUT2D eigenvalue weighted by Gasteiger charge is 2.34. The quantitative estimate of drug-likeness (QED) is 0.820. The summed E-state index contributed by atoms with van der Waals surface area (Å²) in [4.78, 5) is 0. The van der Waals surface area contributed by atoms with Crippen LogP contribution in [0.5, 0.6) is 0 Å². The van der Waals surface area contributed by atoms with E-state index in [2.05, 4.69) is 22.4 Å². The van der Waals surface area contributed by atoms with E-state index in [0.29, 0.717) is 0 Å². The summed E-state index contributed by atoms with van der Waals surface area (Å²) in [6.07, 6.45) is 11.4. The first-order valence-corrected chi connectivity index (χ1v) is 9.07. The molecular weight excluding hydrogens is 240 g/mol. The minimum atomic E-state index is 0.807. The minimum absolute atomic E-state index is 0.807. The second-order valence-corrected chi connectivity index (χ2v) is 7.71. The molecule has 0 aromatic rings. The Kier molecular flexibility index (Phi) is 4.88. The van der Waals surface area contributed by atoms with Crippen molar-refractivity contribution in [1.82, 2.24) is 10.6 Å². The van der Waals surface area contributed by atoms with Crippen LogP contribution < -0.4 is 10.6 Å². The summed E-state index contributed by atoms with van der Waals surface area (Å²) in [5.41, 5.74) is 0. The molecule has 1 aliphatic carbocycles. The molecule has 0 radical (unpaired) electrons. The zero-order valence-electron chi connectivity index (χ0n) is 11.5. The van der Waals surface area contributed by atoms with Crippen LogP contribution in [0.4, 0.5) is 0 Å². The van der Waals surface area contributed by atoms with E-state index in [9.17, 15) is 0 Å². The fraction of sp³-hybridized carbons (Fsp3) is 1.00. The number of hydrogen-bond acceptors (Lipinski definition) is 3. The third-order valence-electron chi connectivity index (χ3n) is 5.07. The lowest BCUT2D eigenvalue weighted by molar-refractivity contribution is 0.258. The van der Waals surface area contributed by atoms with Crippen LogP contribution >= 0.6 is 11.8 Å². The van der Waals surface area contributed by atoms with Crippen molar-refractivity contribution in [2.75, 3.05) is 18.8 Å². The van der Waals surface area contributed by atoms with E-state index in [1.54, 1.807) is 0 Å². The van der Waals surface area contributed by atoms with Crippen molar-refractivity contribution in [2.45, 2.75) is 68.7 Å². The SMILES string of the molecule is C1CCC(C2CCCC2NCC2CCCS2)NC1. The summed E-state index contributed by atoms with van der Waals surface area (Å²) >= 11 is 2.18. The van der Waals surface area contributed by atoms with Gasteiger partial charge in [0, 0.05) is 23.9 Å². The molecule has 0 amide bonds. The summed E-state index contributed by atoms with van der Waals surface area (Å²) in [6, 6.07) is 1.62. The summed E-state index contributed by atoms with van der Waals surface area (Å²) in [6.45, 7) is 2.52. The number of hydrogen-bond donors (Lipinski definition) is 2. The fourth-order valence-corrected chi connectivity index (χ4v) is 5.27. The minimum Gasteiger partial charge on any atom is -0.314 e. The van der Waals surface area contributed by atoms with E-state index < -0.39 is 0 Å². The van der Waals surface area contributed by atoms with Gasteiger partial charge in [0.2, 0.25) is 0 Å². The van der Waals surface area contributed by atoms with Gasteiger partial charge in [0.25, 0.3) is 0 Å². The first-order valence-electron chi connectivity index (χ1n) is 8.02. The molecule has 1 saturated carbocycles. The first kappa shape index (κ1) is 13.3. The van der Waals surface area contributed by atoms with Crippen molar-refractivity contribution >= 4 is 11.8 Å². The Balaban J connectivity index is 1.47. The van der Waals surface area contributed by atoms with Crippen LogP contribution in [0.15, 0.2) is 0 Å². The molecule has 2 N–H and O–H groups in total. The summed E-state index contributed by atoms with van der Waals surface area (Å²) in [5.74, 6) is 2.31. The number of thioether (sulfide) groups is 1. The van der Waals surface area contributed by atoms with E-state index in [1.165, 1.54) is 70.2 Å². The van der Waals surface area contributed by atoms with E-state index in [-0.39, 0.29) is 0 Å². The molecular formula is C15H28N2S. The number of nitrogens with one attached hydrogen (secondary N) is 2. The zero-order chi connectivity index (χ0) is 12.2. The number of rotatable bonds is 4. The Morgan fingerprint density at radius 2 is 2.00 bits per heavy atom. The molecule has 0 spiro atoms. The van der Waals surface area contributed by atoms with Gasteiger partial charge < -0.3 is 10.6 Å². The highest BCUT2D eigenvalue weighted by Crippen LogP contribution is 2.32. The maximum absolute atomic E-state index is 3.91. The third-order valence-corrected chi connectivity index (χ3v) is 6.46. The number of piperidine rings is 1. The van der Waals surface area contributed by atoms with Gasteiger partial charge in [-0.05, 0) is 56.7 Å². The maximum atomic E-state index is 3.91. The van der Waals surface area contributed by atoms with Crippen molar-refractivity contribution < 1.29 is 0 Å². The molecule has 4 unspecified atom stereocenters. The lowest BCUT2D eigenvalue weighted by atomic mass is 9.88. The van der Waals surface area contributed by atoms with Gasteiger partial charge in [0.05, 0.1) is 0 Å². The molecule has 104 valence electrons. The molecule has 2 heterocycles. The molecule has 3 fully saturated rings. The molecule has 2 nitrogen and oxygen atoms in total. The van der Waals surface area contributed by atoms with Crippen molar-refractivity contribution in [2.24, 2.45) is 5.92 Å². The average molecular weight is 268 g/mol. The Hall–Kier alpha value is 0.270. The van der Waals surface area contributed by atoms with Crippen LogP contribution in [-0.2, 0) is 0 Å². The van der Waals surface area contributed by atoms with Gasteiger partial charge in [-0.25, -0.2) is 0 Å². The second-order valence-electron chi connectivity index (χ2n) is 6.30. The highest BCUT2D eigenvalue weighted by molar-refractivity contribution is 8.00. The zero-order valence-corrected chi connectivity index (χ0v) is 12.3. The van der Waals surface area contributed by atoms with Gasteiger partial charge in [0.1, 0.15) is 0 Å². The van der Waals surface area contributed by atoms with E-state index in [4.69, 9.17) is 0 Å². The van der Waals surface area contributed by atoms with Crippen molar-refractivity contribution in [3.8, 4) is 0 Å². The lowest BCUT2D eigenvalue weighted by Gasteiger charge is -2.33. The van der Waals surface area contributed by atoms with E-state index in [1.807, 2.05) is 0 Å². The first-order chi connectivity index (χ1) is 8.93. The standard InChI is InChI=1S/C15H28N2S/c1-2-9-16-14(7-1)13-6-3-8-15(13)17-11-12-5-4-10-18-12/h12-17H,1-11H2. The third kappa shape index (κ3) is 3.23. The normalized spacial score (nSPS) is 41.3. The van der Waals surface area contributed by atoms with Crippen LogP contribution in [0, 0.1) is 5.92 Å². The molecule has 0 aromatic carbocycles. The van der Waals surface area contributed by atoms with Gasteiger partial charge in [-0.15, -0.1) is 0 Å². The van der Waals surface area contributed by atoms with Gasteiger partial charge in [0.15, 0.2) is 0 Å². The summed E-state index contributed by atoms with van der Waals surface area (Å²) < 4.78 is 0. The van der Waals surface area contributed by atoms with Gasteiger partial charge in [-0.2, -0.15) is 11.8 Å². The van der Waals surface area contributed by atoms with Crippen LogP contribution in [0.2, 0.25) is 0 Å². The lowest BCUT2D eigenvalue weighted by Crippen LogP contribution is -2.47. The van der Waals surface area contributed by atoms with Crippen LogP contribution in [0.3, 0.4) is 0 Å². The molecule has 2 saturated heterocycles. The molecule has 0 aromatic heterocycles. The van der Waals surface area contributed by atoms with Crippen molar-refractivity contribution in [1.29, 1.82) is 0 Å². The molecule has 3 rings (SSSR count). The van der Waals surface area contributed by atoms with Crippen LogP contribution in [-0.4, -0.2) is 36.2 Å². The van der Waals surface area contributed by atoms with E-state index in [0.717, 1.165) is 23.3 Å². The smallest absolute Gasteiger partial charge is 0.0172 e. The van der Waals surface area contributed by atoms with Gasteiger partial charge >= 0.3 is 0 Å². The van der Waals surface area contributed by atoms with Crippen LogP contribution in [0.1, 0.15) is 51.4 Å². The van der Waals surface area contributed by atoms with Gasteiger partial charge in [-0.3, -0.25) is 0 Å². The largest absolute Gasteiger partial charge is 0.314 e. The predicted octanol–water partition coefficient (Wildman–Crippen LogP) is 2.78. The summed E-state index contributed by atoms with van der Waals surface area (Å²) in [5, 5.41) is 8.59.